The lowest BCUT2D eigenvalue weighted by molar-refractivity contribution is -0.144. The Bertz CT molecular complexity index is 228. The molecule has 1 fully saturated rings. The molecule has 86 valence electrons. The van der Waals surface area contributed by atoms with Crippen molar-refractivity contribution >= 4 is 12.0 Å². The van der Waals surface area contributed by atoms with Crippen molar-refractivity contribution in [3.05, 3.63) is 0 Å². The van der Waals surface area contributed by atoms with Gasteiger partial charge in [-0.05, 0) is 6.42 Å². The molecule has 1 rings (SSSR count). The van der Waals surface area contributed by atoms with E-state index in [0.717, 1.165) is 0 Å². The van der Waals surface area contributed by atoms with Gasteiger partial charge in [0.05, 0.1) is 6.61 Å². The molecule has 0 saturated carbocycles. The van der Waals surface area contributed by atoms with Crippen molar-refractivity contribution in [3.63, 3.8) is 0 Å². The third-order valence-corrected chi connectivity index (χ3v) is 1.90. The molecule has 1 unspecified atom stereocenters. The minimum Gasteiger partial charge on any atom is -0.463 e. The fraction of sp³-hybridized carbons (Fsp3) is 0.778. The normalized spacial score (nSPS) is 18.1. The molecule has 1 saturated heterocycles. The Kier molecular flexibility index (Phi) is 4.89. The number of esters is 1. The number of ether oxygens (including phenoxy) is 2. The molecule has 6 nitrogen and oxygen atoms in total. The summed E-state index contributed by atoms with van der Waals surface area (Å²) < 4.78 is 9.80. The standard InChI is InChI=1S/C9H16N2O4/c1-10-9(13)11-4-2-3-8(12)15-6-7-5-14-7/h7H,2-6H2,1H3,(H2,10,11,13). The maximum atomic E-state index is 11.1. The summed E-state index contributed by atoms with van der Waals surface area (Å²) in [5.41, 5.74) is 0. The monoisotopic (exact) mass is 216 g/mol. The van der Waals surface area contributed by atoms with Gasteiger partial charge in [-0.15, -0.1) is 0 Å². The molecule has 0 aromatic rings. The lowest BCUT2D eigenvalue weighted by Crippen LogP contribution is -2.33. The van der Waals surface area contributed by atoms with Crippen molar-refractivity contribution in [1.29, 1.82) is 0 Å². The molecule has 0 aromatic carbocycles. The molecule has 15 heavy (non-hydrogen) atoms. The van der Waals surface area contributed by atoms with E-state index in [4.69, 9.17) is 9.47 Å². The molecular formula is C9H16N2O4. The summed E-state index contributed by atoms with van der Waals surface area (Å²) in [4.78, 5) is 21.8. The Hall–Kier alpha value is -1.30. The van der Waals surface area contributed by atoms with Gasteiger partial charge in [-0.2, -0.15) is 0 Å². The van der Waals surface area contributed by atoms with Crippen LogP contribution in [-0.4, -0.2) is 44.9 Å². The lowest BCUT2D eigenvalue weighted by Gasteiger charge is -2.04. The number of amides is 2. The van der Waals surface area contributed by atoms with E-state index in [2.05, 4.69) is 10.6 Å². The lowest BCUT2D eigenvalue weighted by atomic mass is 10.3. The fourth-order valence-corrected chi connectivity index (χ4v) is 0.945. The second kappa shape index (κ2) is 6.23. The van der Waals surface area contributed by atoms with Gasteiger partial charge in [0.1, 0.15) is 12.7 Å². The molecule has 1 aliphatic rings. The summed E-state index contributed by atoms with van der Waals surface area (Å²) in [6.07, 6.45) is 1.01. The van der Waals surface area contributed by atoms with Crippen molar-refractivity contribution in [2.75, 3.05) is 26.8 Å². The average Bonchev–Trinajstić information content (AvgIpc) is 3.04. The van der Waals surface area contributed by atoms with Gasteiger partial charge in [0.25, 0.3) is 0 Å². The fourth-order valence-electron chi connectivity index (χ4n) is 0.945. The largest absolute Gasteiger partial charge is 0.463 e. The van der Waals surface area contributed by atoms with Gasteiger partial charge >= 0.3 is 12.0 Å². The maximum Gasteiger partial charge on any atom is 0.314 e. The van der Waals surface area contributed by atoms with Crippen LogP contribution in [0.3, 0.4) is 0 Å². The molecular weight excluding hydrogens is 200 g/mol. The van der Waals surface area contributed by atoms with Crippen LogP contribution >= 0.6 is 0 Å². The van der Waals surface area contributed by atoms with Gasteiger partial charge in [-0.3, -0.25) is 4.79 Å². The Morgan fingerprint density at radius 3 is 2.87 bits per heavy atom. The van der Waals surface area contributed by atoms with Crippen LogP contribution in [0.2, 0.25) is 0 Å². The molecule has 2 N–H and O–H groups in total. The first kappa shape index (κ1) is 11.8. The Labute approximate surface area is 88.3 Å². The first-order valence-electron chi connectivity index (χ1n) is 4.95. The van der Waals surface area contributed by atoms with Gasteiger partial charge in [0, 0.05) is 20.0 Å². The summed E-state index contributed by atoms with van der Waals surface area (Å²) in [6.45, 7) is 1.50. The number of hydrogen-bond donors (Lipinski definition) is 2. The zero-order chi connectivity index (χ0) is 11.1. The summed E-state index contributed by atoms with van der Waals surface area (Å²) in [6, 6.07) is -0.241. The quantitative estimate of drug-likeness (QED) is 0.361. The highest BCUT2D eigenvalue weighted by molar-refractivity contribution is 5.73. The van der Waals surface area contributed by atoms with Gasteiger partial charge in [0.2, 0.25) is 0 Å². The van der Waals surface area contributed by atoms with Crippen molar-refractivity contribution in [2.24, 2.45) is 0 Å². The number of carbonyl (C=O) groups excluding carboxylic acids is 2. The highest BCUT2D eigenvalue weighted by atomic mass is 16.6. The molecule has 0 aromatic heterocycles. The first-order chi connectivity index (χ1) is 7.22. The molecule has 0 bridgehead atoms. The summed E-state index contributed by atoms with van der Waals surface area (Å²) >= 11 is 0. The predicted molar refractivity (Wildman–Crippen MR) is 52.4 cm³/mol. The molecule has 1 aliphatic heterocycles. The molecule has 1 atom stereocenters. The van der Waals surface area contributed by atoms with E-state index in [-0.39, 0.29) is 18.1 Å². The second-order valence-corrected chi connectivity index (χ2v) is 3.25. The molecule has 2 amide bonds. The summed E-state index contributed by atoms with van der Waals surface area (Å²) in [5.74, 6) is -0.246. The molecule has 0 aliphatic carbocycles. The van der Waals surface area contributed by atoms with Gasteiger partial charge < -0.3 is 20.1 Å². The van der Waals surface area contributed by atoms with E-state index in [1.54, 1.807) is 7.05 Å². The highest BCUT2D eigenvalue weighted by Crippen LogP contribution is 2.08. The van der Waals surface area contributed by atoms with E-state index < -0.39 is 0 Å². The number of rotatable bonds is 6. The number of urea groups is 1. The van der Waals surface area contributed by atoms with E-state index in [1.165, 1.54) is 0 Å². The van der Waals surface area contributed by atoms with Crippen LogP contribution in [0.25, 0.3) is 0 Å². The van der Waals surface area contributed by atoms with Crippen LogP contribution in [0.15, 0.2) is 0 Å². The van der Waals surface area contributed by atoms with Crippen molar-refractivity contribution < 1.29 is 19.1 Å². The number of carbonyl (C=O) groups is 2. The van der Waals surface area contributed by atoms with Crippen molar-refractivity contribution in [2.45, 2.75) is 18.9 Å². The number of epoxide rings is 1. The van der Waals surface area contributed by atoms with E-state index in [9.17, 15) is 9.59 Å². The number of hydrogen-bond acceptors (Lipinski definition) is 4. The van der Waals surface area contributed by atoms with Crippen LogP contribution in [0, 0.1) is 0 Å². The smallest absolute Gasteiger partial charge is 0.314 e. The van der Waals surface area contributed by atoms with Crippen LogP contribution in [0.4, 0.5) is 4.79 Å². The average molecular weight is 216 g/mol. The molecule has 1 heterocycles. The number of nitrogens with one attached hydrogen (secondary N) is 2. The van der Waals surface area contributed by atoms with Gasteiger partial charge in [-0.1, -0.05) is 0 Å². The third-order valence-electron chi connectivity index (χ3n) is 1.90. The van der Waals surface area contributed by atoms with Crippen LogP contribution in [0.5, 0.6) is 0 Å². The molecule has 0 radical (unpaired) electrons. The zero-order valence-electron chi connectivity index (χ0n) is 8.75. The highest BCUT2D eigenvalue weighted by Gasteiger charge is 2.23. The summed E-state index contributed by atoms with van der Waals surface area (Å²) in [5, 5.41) is 5.00. The topological polar surface area (TPSA) is 80.0 Å². The van der Waals surface area contributed by atoms with Gasteiger partial charge in [0.15, 0.2) is 0 Å². The van der Waals surface area contributed by atoms with Crippen molar-refractivity contribution in [1.82, 2.24) is 10.6 Å². The first-order valence-corrected chi connectivity index (χ1v) is 4.95. The molecule has 0 spiro atoms. The van der Waals surface area contributed by atoms with E-state index in [0.29, 0.717) is 32.6 Å². The zero-order valence-corrected chi connectivity index (χ0v) is 8.75. The van der Waals surface area contributed by atoms with Crippen LogP contribution in [-0.2, 0) is 14.3 Å². The van der Waals surface area contributed by atoms with E-state index >= 15 is 0 Å². The third kappa shape index (κ3) is 5.90. The van der Waals surface area contributed by atoms with Crippen LogP contribution < -0.4 is 10.6 Å². The summed E-state index contributed by atoms with van der Waals surface area (Å²) in [7, 11) is 1.54. The Morgan fingerprint density at radius 2 is 2.27 bits per heavy atom. The Morgan fingerprint density at radius 1 is 1.53 bits per heavy atom. The van der Waals surface area contributed by atoms with E-state index in [1.807, 2.05) is 0 Å². The molecule has 6 heteroatoms. The van der Waals surface area contributed by atoms with Crippen molar-refractivity contribution in [3.8, 4) is 0 Å². The minimum absolute atomic E-state index is 0.109. The second-order valence-electron chi connectivity index (χ2n) is 3.25. The van der Waals surface area contributed by atoms with Gasteiger partial charge in [-0.25, -0.2) is 4.79 Å². The predicted octanol–water partition coefficient (Wildman–Crippen LogP) is -0.362. The minimum atomic E-state index is -0.246. The maximum absolute atomic E-state index is 11.1. The SMILES string of the molecule is CNC(=O)NCCCC(=O)OCC1CO1. The van der Waals surface area contributed by atoms with Crippen LogP contribution in [0.1, 0.15) is 12.8 Å². The Balaban J connectivity index is 1.89.